The topological polar surface area (TPSA) is 63.2 Å². The molecule has 0 unspecified atom stereocenters. The van der Waals surface area contributed by atoms with Gasteiger partial charge in [-0.15, -0.1) is 0 Å². The second-order valence-electron chi connectivity index (χ2n) is 5.70. The molecule has 0 aliphatic heterocycles. The number of benzene rings is 1. The van der Waals surface area contributed by atoms with E-state index in [1.165, 1.54) is 12.3 Å². The van der Waals surface area contributed by atoms with Crippen molar-refractivity contribution in [3.63, 3.8) is 0 Å². The molecule has 0 radical (unpaired) electrons. The molecule has 1 amide bonds. The van der Waals surface area contributed by atoms with Crippen LogP contribution in [0, 0.1) is 23.4 Å². The number of hydrogen-bond acceptors (Lipinski definition) is 4. The van der Waals surface area contributed by atoms with E-state index in [1.807, 2.05) is 0 Å². The lowest BCUT2D eigenvalue weighted by atomic mass is 10.1. The Morgan fingerprint density at radius 1 is 1.23 bits per heavy atom. The summed E-state index contributed by atoms with van der Waals surface area (Å²) in [5.41, 5.74) is 0.944. The minimum Gasteiger partial charge on any atom is -0.336 e. The van der Waals surface area contributed by atoms with E-state index in [9.17, 15) is 18.0 Å². The zero-order valence-electron chi connectivity index (χ0n) is 13.1. The summed E-state index contributed by atoms with van der Waals surface area (Å²) in [6, 6.07) is 1.87. The molecular weight excluding hydrogens is 394 g/mol. The van der Waals surface area contributed by atoms with Crippen LogP contribution >= 0.6 is 23.2 Å². The fraction of sp³-hybridized carbons (Fsp3) is 0.250. The van der Waals surface area contributed by atoms with Crippen LogP contribution in [0.15, 0.2) is 18.3 Å². The summed E-state index contributed by atoms with van der Waals surface area (Å²) in [6.07, 6.45) is 3.19. The number of hydroxylamine groups is 1. The first-order valence-electron chi connectivity index (χ1n) is 7.54. The van der Waals surface area contributed by atoms with Crippen LogP contribution in [-0.2, 0) is 4.84 Å². The summed E-state index contributed by atoms with van der Waals surface area (Å²) in [5.74, 6) is -5.54. The second-order valence-corrected chi connectivity index (χ2v) is 6.55. The minimum atomic E-state index is -1.74. The molecule has 1 saturated carbocycles. The Balaban J connectivity index is 1.90. The smallest absolute Gasteiger partial charge is 0.277 e. The van der Waals surface area contributed by atoms with Crippen LogP contribution in [0.1, 0.15) is 23.2 Å². The van der Waals surface area contributed by atoms with Crippen molar-refractivity contribution in [3.8, 4) is 0 Å². The lowest BCUT2D eigenvalue weighted by Gasteiger charge is -2.14. The summed E-state index contributed by atoms with van der Waals surface area (Å²) >= 11 is 11.7. The molecule has 138 valence electrons. The summed E-state index contributed by atoms with van der Waals surface area (Å²) in [4.78, 5) is 21.0. The molecule has 0 bridgehead atoms. The molecule has 2 aromatic rings. The third-order valence-electron chi connectivity index (χ3n) is 3.64. The SMILES string of the molecule is O=C(NOCC1CC1)c1cc(F)c(F)c(F)c1Nc1ncc(Cl)cc1Cl. The van der Waals surface area contributed by atoms with E-state index in [1.54, 1.807) is 0 Å². The number of rotatable bonds is 6. The van der Waals surface area contributed by atoms with Crippen LogP contribution in [0.25, 0.3) is 0 Å². The molecule has 1 aromatic heterocycles. The number of carbonyl (C=O) groups excluding carboxylic acids is 1. The third-order valence-corrected chi connectivity index (χ3v) is 4.13. The molecule has 1 fully saturated rings. The number of nitrogens with zero attached hydrogens (tertiary/aromatic N) is 1. The number of halogens is 5. The molecule has 3 rings (SSSR count). The molecule has 1 heterocycles. The van der Waals surface area contributed by atoms with Crippen LogP contribution in [0.3, 0.4) is 0 Å². The van der Waals surface area contributed by atoms with Gasteiger partial charge >= 0.3 is 0 Å². The quantitative estimate of drug-likeness (QED) is 0.543. The van der Waals surface area contributed by atoms with Crippen molar-refractivity contribution >= 4 is 40.6 Å². The molecule has 2 N–H and O–H groups in total. The van der Waals surface area contributed by atoms with Gasteiger partial charge in [0, 0.05) is 6.20 Å². The lowest BCUT2D eigenvalue weighted by molar-refractivity contribution is 0.0270. The molecule has 26 heavy (non-hydrogen) atoms. The maximum atomic E-state index is 14.2. The van der Waals surface area contributed by atoms with E-state index in [4.69, 9.17) is 28.0 Å². The number of nitrogens with one attached hydrogen (secondary N) is 2. The van der Waals surface area contributed by atoms with Gasteiger partial charge in [-0.05, 0) is 30.9 Å². The molecule has 0 saturated heterocycles. The number of amides is 1. The highest BCUT2D eigenvalue weighted by atomic mass is 35.5. The van der Waals surface area contributed by atoms with Crippen LogP contribution < -0.4 is 10.8 Å². The third kappa shape index (κ3) is 4.20. The Labute approximate surface area is 156 Å². The maximum Gasteiger partial charge on any atom is 0.277 e. The van der Waals surface area contributed by atoms with Crippen LogP contribution in [0.5, 0.6) is 0 Å². The standard InChI is InChI=1S/C16H12Cl2F3N3O2/c17-8-3-10(18)15(22-5-8)23-14-9(4-11(19)12(20)13(14)21)16(25)24-26-6-7-1-2-7/h3-5,7H,1-2,6H2,(H,22,23)(H,24,25). The number of hydrogen-bond donors (Lipinski definition) is 2. The van der Waals surface area contributed by atoms with Crippen molar-refractivity contribution in [1.29, 1.82) is 0 Å². The van der Waals surface area contributed by atoms with Crippen LogP contribution in [0.4, 0.5) is 24.7 Å². The summed E-state index contributed by atoms with van der Waals surface area (Å²) in [5, 5.41) is 2.62. The van der Waals surface area contributed by atoms with Gasteiger partial charge in [-0.1, -0.05) is 23.2 Å². The Morgan fingerprint density at radius 2 is 1.96 bits per heavy atom. The fourth-order valence-corrected chi connectivity index (χ4v) is 2.51. The highest BCUT2D eigenvalue weighted by Gasteiger charge is 2.25. The number of anilines is 2. The number of aromatic nitrogens is 1. The first-order chi connectivity index (χ1) is 12.4. The van der Waals surface area contributed by atoms with E-state index in [0.29, 0.717) is 12.0 Å². The monoisotopic (exact) mass is 405 g/mol. The second kappa shape index (κ2) is 7.69. The molecule has 1 aliphatic rings. The molecular formula is C16H12Cl2F3N3O2. The van der Waals surface area contributed by atoms with Crippen molar-refractivity contribution in [2.75, 3.05) is 11.9 Å². The average Bonchev–Trinajstić information content (AvgIpc) is 3.41. The maximum absolute atomic E-state index is 14.2. The van der Waals surface area contributed by atoms with Gasteiger partial charge < -0.3 is 5.32 Å². The van der Waals surface area contributed by atoms with Crippen molar-refractivity contribution in [2.24, 2.45) is 5.92 Å². The Hall–Kier alpha value is -2.03. The zero-order valence-corrected chi connectivity index (χ0v) is 14.6. The van der Waals surface area contributed by atoms with Gasteiger partial charge in [0.2, 0.25) is 0 Å². The minimum absolute atomic E-state index is 0.00188. The van der Waals surface area contributed by atoms with Crippen molar-refractivity contribution in [1.82, 2.24) is 10.5 Å². The summed E-state index contributed by atoms with van der Waals surface area (Å²) < 4.78 is 41.5. The molecule has 1 aliphatic carbocycles. The highest BCUT2D eigenvalue weighted by Crippen LogP contribution is 2.32. The Morgan fingerprint density at radius 3 is 2.62 bits per heavy atom. The first kappa shape index (κ1) is 18.8. The largest absolute Gasteiger partial charge is 0.336 e. The summed E-state index contributed by atoms with van der Waals surface area (Å²) in [7, 11) is 0. The van der Waals surface area contributed by atoms with Crippen molar-refractivity contribution in [2.45, 2.75) is 12.8 Å². The van der Waals surface area contributed by atoms with E-state index in [2.05, 4.69) is 15.8 Å². The van der Waals surface area contributed by atoms with Gasteiger partial charge in [0.25, 0.3) is 5.91 Å². The first-order valence-corrected chi connectivity index (χ1v) is 8.30. The predicted octanol–water partition coefficient (Wildman–Crippen LogP) is 4.62. The molecule has 0 spiro atoms. The van der Waals surface area contributed by atoms with Gasteiger partial charge in [0.1, 0.15) is 5.82 Å². The summed E-state index contributed by atoms with van der Waals surface area (Å²) in [6.45, 7) is 0.283. The Kier molecular flexibility index (Phi) is 5.55. The normalized spacial score (nSPS) is 13.6. The predicted molar refractivity (Wildman–Crippen MR) is 90.0 cm³/mol. The fourth-order valence-electron chi connectivity index (χ4n) is 2.09. The number of pyridine rings is 1. The lowest BCUT2D eigenvalue weighted by Crippen LogP contribution is -2.26. The van der Waals surface area contributed by atoms with Gasteiger partial charge in [0.15, 0.2) is 17.5 Å². The van der Waals surface area contributed by atoms with Gasteiger partial charge in [-0.2, -0.15) is 0 Å². The molecule has 5 nitrogen and oxygen atoms in total. The van der Waals surface area contributed by atoms with Crippen molar-refractivity contribution < 1.29 is 22.8 Å². The van der Waals surface area contributed by atoms with Crippen LogP contribution in [-0.4, -0.2) is 17.5 Å². The Bertz CT molecular complexity index is 863. The molecule has 10 heteroatoms. The van der Waals surface area contributed by atoms with Gasteiger partial charge in [-0.3, -0.25) is 9.63 Å². The zero-order chi connectivity index (χ0) is 18.8. The average molecular weight is 406 g/mol. The molecule has 0 atom stereocenters. The molecule has 1 aromatic carbocycles. The van der Waals surface area contributed by atoms with E-state index in [-0.39, 0.29) is 22.5 Å². The van der Waals surface area contributed by atoms with E-state index >= 15 is 0 Å². The van der Waals surface area contributed by atoms with Gasteiger partial charge in [-0.25, -0.2) is 23.6 Å². The number of carbonyl (C=O) groups is 1. The van der Waals surface area contributed by atoms with Crippen molar-refractivity contribution in [3.05, 3.63) is 51.4 Å². The van der Waals surface area contributed by atoms with E-state index < -0.39 is 34.6 Å². The highest BCUT2D eigenvalue weighted by molar-refractivity contribution is 6.36. The van der Waals surface area contributed by atoms with E-state index in [0.717, 1.165) is 12.8 Å². The van der Waals surface area contributed by atoms with Crippen LogP contribution in [0.2, 0.25) is 10.0 Å². The van der Waals surface area contributed by atoms with Gasteiger partial charge in [0.05, 0.1) is 27.9 Å².